The highest BCUT2D eigenvalue weighted by Gasteiger charge is 2.27. The first-order chi connectivity index (χ1) is 13.0. The summed E-state index contributed by atoms with van der Waals surface area (Å²) in [7, 11) is 0. The zero-order valence-corrected chi connectivity index (χ0v) is 15.3. The third-order valence-corrected chi connectivity index (χ3v) is 5.01. The van der Waals surface area contributed by atoms with Crippen molar-refractivity contribution in [1.29, 1.82) is 0 Å². The fourth-order valence-corrected chi connectivity index (χ4v) is 3.52. The number of aromatic amines is 1. The smallest absolute Gasteiger partial charge is 0.330 e. The maximum absolute atomic E-state index is 12.8. The molecule has 0 unspecified atom stereocenters. The molecule has 1 saturated heterocycles. The van der Waals surface area contributed by atoms with Crippen LogP contribution in [0, 0.1) is 13.8 Å². The fraction of sp³-hybridized carbons (Fsp3) is 0.368. The molecule has 3 aromatic rings. The van der Waals surface area contributed by atoms with E-state index in [0.717, 1.165) is 24.2 Å². The van der Waals surface area contributed by atoms with Crippen LogP contribution in [0.25, 0.3) is 5.69 Å². The average molecular weight is 367 g/mol. The van der Waals surface area contributed by atoms with Crippen LogP contribution in [0.1, 0.15) is 46.5 Å². The van der Waals surface area contributed by atoms with Crippen LogP contribution in [0.4, 0.5) is 0 Å². The van der Waals surface area contributed by atoms with E-state index in [-0.39, 0.29) is 17.5 Å². The molecule has 1 aliphatic heterocycles. The number of hydrogen-bond donors (Lipinski definition) is 1. The molecule has 1 aliphatic rings. The molecule has 3 heterocycles. The summed E-state index contributed by atoms with van der Waals surface area (Å²) in [5.41, 5.74) is 1.98. The van der Waals surface area contributed by atoms with Gasteiger partial charge in [-0.3, -0.25) is 9.36 Å². The minimum absolute atomic E-state index is 0.000142. The Hall–Kier alpha value is -3.16. The predicted octanol–water partition coefficient (Wildman–Crippen LogP) is 2.19. The van der Waals surface area contributed by atoms with Crippen LogP contribution in [0.5, 0.6) is 0 Å². The number of carbonyl (C=O) groups excluding carboxylic acids is 1. The summed E-state index contributed by atoms with van der Waals surface area (Å²) in [6, 6.07) is 7.13. The minimum Gasteiger partial charge on any atom is -0.339 e. The molecule has 8 heteroatoms. The summed E-state index contributed by atoms with van der Waals surface area (Å²) in [6.45, 7) is 4.97. The maximum Gasteiger partial charge on any atom is 0.330 e. The van der Waals surface area contributed by atoms with Crippen molar-refractivity contribution in [1.82, 2.24) is 24.6 Å². The Morgan fingerprint density at radius 2 is 1.89 bits per heavy atom. The quantitative estimate of drug-likeness (QED) is 0.765. The van der Waals surface area contributed by atoms with E-state index in [1.807, 2.05) is 11.8 Å². The lowest BCUT2D eigenvalue weighted by molar-refractivity contribution is 0.0704. The number of rotatable bonds is 3. The molecule has 8 nitrogen and oxygen atoms in total. The van der Waals surface area contributed by atoms with Crippen LogP contribution in [-0.2, 0) is 0 Å². The summed E-state index contributed by atoms with van der Waals surface area (Å²) in [5.74, 6) is 1.51. The molecule has 0 atom stereocenters. The van der Waals surface area contributed by atoms with Gasteiger partial charge in [-0.05, 0) is 51.0 Å². The third-order valence-electron chi connectivity index (χ3n) is 5.01. The van der Waals surface area contributed by atoms with Gasteiger partial charge in [0.2, 0.25) is 5.89 Å². The van der Waals surface area contributed by atoms with Crippen molar-refractivity contribution in [2.45, 2.75) is 32.6 Å². The zero-order chi connectivity index (χ0) is 19.0. The van der Waals surface area contributed by atoms with Crippen LogP contribution >= 0.6 is 0 Å². The third kappa shape index (κ3) is 3.30. The van der Waals surface area contributed by atoms with Crippen molar-refractivity contribution in [2.75, 3.05) is 13.1 Å². The average Bonchev–Trinajstić information content (AvgIpc) is 3.27. The van der Waals surface area contributed by atoms with Crippen LogP contribution < -0.4 is 5.69 Å². The van der Waals surface area contributed by atoms with Crippen LogP contribution in [0.15, 0.2) is 39.8 Å². The van der Waals surface area contributed by atoms with Gasteiger partial charge in [0.1, 0.15) is 0 Å². The second-order valence-corrected chi connectivity index (χ2v) is 6.86. The lowest BCUT2D eigenvalue weighted by atomic mass is 9.96. The van der Waals surface area contributed by atoms with Gasteiger partial charge in [0.05, 0.1) is 5.69 Å². The van der Waals surface area contributed by atoms with Crippen molar-refractivity contribution >= 4 is 5.91 Å². The van der Waals surface area contributed by atoms with E-state index in [1.54, 1.807) is 42.0 Å². The first-order valence-electron chi connectivity index (χ1n) is 9.00. The zero-order valence-electron chi connectivity index (χ0n) is 15.3. The first-order valence-corrected chi connectivity index (χ1v) is 9.00. The minimum atomic E-state index is -0.190. The number of nitrogens with zero attached hydrogens (tertiary/aromatic N) is 4. The van der Waals surface area contributed by atoms with E-state index in [9.17, 15) is 9.59 Å². The van der Waals surface area contributed by atoms with Gasteiger partial charge in [-0.1, -0.05) is 5.16 Å². The molecule has 27 heavy (non-hydrogen) atoms. The summed E-state index contributed by atoms with van der Waals surface area (Å²) in [5, 5.41) is 3.84. The van der Waals surface area contributed by atoms with Crippen LogP contribution in [0.2, 0.25) is 0 Å². The fourth-order valence-electron chi connectivity index (χ4n) is 3.52. The van der Waals surface area contributed by atoms with Crippen molar-refractivity contribution in [3.05, 3.63) is 63.9 Å². The van der Waals surface area contributed by atoms with Crippen LogP contribution in [-0.4, -0.2) is 43.6 Å². The molecule has 0 radical (unpaired) electrons. The Balaban J connectivity index is 1.44. The van der Waals surface area contributed by atoms with Crippen molar-refractivity contribution in [2.24, 2.45) is 0 Å². The van der Waals surface area contributed by atoms with Crippen molar-refractivity contribution < 1.29 is 9.32 Å². The molecule has 140 valence electrons. The van der Waals surface area contributed by atoms with Crippen LogP contribution in [0.3, 0.4) is 0 Å². The van der Waals surface area contributed by atoms with Gasteiger partial charge in [-0.15, -0.1) is 0 Å². The predicted molar refractivity (Wildman–Crippen MR) is 98.0 cm³/mol. The molecule has 0 aliphatic carbocycles. The Bertz CT molecular complexity index is 1010. The summed E-state index contributed by atoms with van der Waals surface area (Å²) in [6.07, 6.45) is 3.28. The number of likely N-dealkylation sites (tertiary alicyclic amines) is 1. The summed E-state index contributed by atoms with van der Waals surface area (Å²) in [4.78, 5) is 33.5. The number of imidazole rings is 1. The molecular weight excluding hydrogens is 346 g/mol. The van der Waals surface area contributed by atoms with E-state index in [4.69, 9.17) is 4.52 Å². The number of amides is 1. The number of aryl methyl sites for hydroxylation is 2. The molecule has 1 N–H and O–H groups in total. The van der Waals surface area contributed by atoms with Gasteiger partial charge in [-0.25, -0.2) is 4.79 Å². The second-order valence-electron chi connectivity index (χ2n) is 6.86. The number of benzene rings is 1. The number of carbonyl (C=O) groups is 1. The highest BCUT2D eigenvalue weighted by molar-refractivity contribution is 5.94. The number of hydrogen-bond acceptors (Lipinski definition) is 5. The Kier molecular flexibility index (Phi) is 4.39. The van der Waals surface area contributed by atoms with E-state index >= 15 is 0 Å². The molecule has 1 aromatic carbocycles. The number of aromatic nitrogens is 4. The van der Waals surface area contributed by atoms with Gasteiger partial charge in [0, 0.05) is 36.5 Å². The molecule has 0 spiro atoms. The van der Waals surface area contributed by atoms with E-state index in [1.165, 1.54) is 0 Å². The van der Waals surface area contributed by atoms with Gasteiger partial charge in [0.15, 0.2) is 5.82 Å². The molecule has 0 saturated carbocycles. The lowest BCUT2D eigenvalue weighted by Gasteiger charge is -2.30. The van der Waals surface area contributed by atoms with E-state index in [2.05, 4.69) is 15.1 Å². The number of nitrogens with one attached hydrogen (secondary N) is 1. The molecule has 1 fully saturated rings. The number of piperidine rings is 1. The molecule has 0 bridgehead atoms. The van der Waals surface area contributed by atoms with Crippen molar-refractivity contribution in [3.63, 3.8) is 0 Å². The SMILES string of the molecule is Cc1noc(C2CCN(C(=O)c3ccc(-n4c(C)c[nH]c4=O)cc3)CC2)n1. The Morgan fingerprint density at radius 1 is 1.19 bits per heavy atom. The van der Waals surface area contributed by atoms with Gasteiger partial charge in [-0.2, -0.15) is 4.98 Å². The Labute approximate surface area is 155 Å². The first kappa shape index (κ1) is 17.3. The summed E-state index contributed by atoms with van der Waals surface area (Å²) < 4.78 is 6.83. The van der Waals surface area contributed by atoms with Gasteiger partial charge in [0.25, 0.3) is 5.91 Å². The second kappa shape index (κ2) is 6.86. The molecule has 2 aromatic heterocycles. The summed E-state index contributed by atoms with van der Waals surface area (Å²) >= 11 is 0. The van der Waals surface area contributed by atoms with E-state index in [0.29, 0.717) is 30.4 Å². The lowest BCUT2D eigenvalue weighted by Crippen LogP contribution is -2.38. The highest BCUT2D eigenvalue weighted by Crippen LogP contribution is 2.27. The molecule has 1 amide bonds. The Morgan fingerprint density at radius 3 is 2.44 bits per heavy atom. The normalized spacial score (nSPS) is 15.3. The molecule has 4 rings (SSSR count). The molecular formula is C19H21N5O3. The largest absolute Gasteiger partial charge is 0.339 e. The topological polar surface area (TPSA) is 97.0 Å². The van der Waals surface area contributed by atoms with Crippen molar-refractivity contribution in [3.8, 4) is 5.69 Å². The highest BCUT2D eigenvalue weighted by atomic mass is 16.5. The monoisotopic (exact) mass is 367 g/mol. The van der Waals surface area contributed by atoms with Gasteiger partial charge >= 0.3 is 5.69 Å². The maximum atomic E-state index is 12.8. The van der Waals surface area contributed by atoms with Gasteiger partial charge < -0.3 is 14.4 Å². The van der Waals surface area contributed by atoms with E-state index < -0.39 is 0 Å². The number of H-pyrrole nitrogens is 1. The standard InChI is InChI=1S/C19H21N5O3/c1-12-11-20-19(26)24(12)16-5-3-15(4-6-16)18(25)23-9-7-14(8-10-23)17-21-13(2)22-27-17/h3-6,11,14H,7-10H2,1-2H3,(H,20,26).